The Hall–Kier alpha value is -1.12. The third-order valence-electron chi connectivity index (χ3n) is 5.19. The summed E-state index contributed by atoms with van der Waals surface area (Å²) >= 11 is 3.17. The molecule has 8 heteroatoms. The van der Waals surface area contributed by atoms with Crippen LogP contribution in [0.4, 0.5) is 9.18 Å². The molecule has 0 aliphatic carbocycles. The summed E-state index contributed by atoms with van der Waals surface area (Å²) in [5, 5.41) is 0.00197. The number of benzene rings is 1. The van der Waals surface area contributed by atoms with E-state index in [9.17, 15) is 9.18 Å². The fourth-order valence-electron chi connectivity index (χ4n) is 2.41. The first kappa shape index (κ1) is 25.9. The molecule has 1 aromatic rings. The second kappa shape index (κ2) is 9.79. The smallest absolute Gasteiger partial charge is 0.410 e. The van der Waals surface area contributed by atoms with Crippen LogP contribution in [0.25, 0.3) is 0 Å². The number of amides is 1. The molecular formula is C21H35BrFNO4Si. The fourth-order valence-corrected chi connectivity index (χ4v) is 4.10. The Kier molecular flexibility index (Phi) is 8.75. The average Bonchev–Trinajstić information content (AvgIpc) is 2.57. The predicted octanol–water partition coefficient (Wildman–Crippen LogP) is 6.22. The highest BCUT2D eigenvalue weighted by Crippen LogP contribution is 2.37. The minimum absolute atomic E-state index is 0.00197. The summed E-state index contributed by atoms with van der Waals surface area (Å²) in [5.41, 5.74) is -0.443. The number of rotatable bonds is 7. The highest BCUT2D eigenvalue weighted by atomic mass is 79.9. The molecule has 166 valence electrons. The number of hydrogen-bond acceptors (Lipinski definition) is 4. The molecule has 0 fully saturated rings. The van der Waals surface area contributed by atoms with Crippen molar-refractivity contribution in [2.24, 2.45) is 0 Å². The lowest BCUT2D eigenvalue weighted by molar-refractivity contribution is 0.0338. The van der Waals surface area contributed by atoms with Gasteiger partial charge >= 0.3 is 6.09 Å². The Bertz CT molecular complexity index is 701. The molecule has 0 aliphatic heterocycles. The lowest BCUT2D eigenvalue weighted by Crippen LogP contribution is -2.54. The quantitative estimate of drug-likeness (QED) is 0.424. The van der Waals surface area contributed by atoms with Crippen molar-refractivity contribution in [3.8, 4) is 5.75 Å². The van der Waals surface area contributed by atoms with E-state index in [-0.39, 0.29) is 23.6 Å². The van der Waals surface area contributed by atoms with Crippen LogP contribution in [-0.4, -0.2) is 51.2 Å². The Morgan fingerprint density at radius 2 is 1.79 bits per heavy atom. The SMILES string of the molecule is COC(=O)N(C[C@H](COc1ccc(F)c(Br)c1)O[Si](C)(C)C(C)(C)C)C(C)(C)C. The van der Waals surface area contributed by atoms with Crippen molar-refractivity contribution in [3.63, 3.8) is 0 Å². The van der Waals surface area contributed by atoms with Gasteiger partial charge in [0.2, 0.25) is 0 Å². The Morgan fingerprint density at radius 1 is 1.21 bits per heavy atom. The van der Waals surface area contributed by atoms with Gasteiger partial charge in [0.15, 0.2) is 8.32 Å². The van der Waals surface area contributed by atoms with E-state index in [2.05, 4.69) is 49.8 Å². The monoisotopic (exact) mass is 491 g/mol. The van der Waals surface area contributed by atoms with E-state index in [0.29, 0.717) is 16.8 Å². The second-order valence-electron chi connectivity index (χ2n) is 9.64. The molecule has 29 heavy (non-hydrogen) atoms. The molecule has 1 aromatic carbocycles. The average molecular weight is 493 g/mol. The molecule has 0 unspecified atom stereocenters. The molecule has 0 bridgehead atoms. The Balaban J connectivity index is 3.09. The van der Waals surface area contributed by atoms with Crippen LogP contribution < -0.4 is 4.74 Å². The van der Waals surface area contributed by atoms with Crippen LogP contribution in [0.2, 0.25) is 18.1 Å². The molecule has 0 saturated carbocycles. The van der Waals surface area contributed by atoms with Crippen LogP contribution >= 0.6 is 15.9 Å². The number of nitrogens with zero attached hydrogens (tertiary/aromatic N) is 1. The first-order valence-electron chi connectivity index (χ1n) is 9.70. The molecule has 1 rings (SSSR count). The van der Waals surface area contributed by atoms with Crippen LogP contribution in [0.5, 0.6) is 5.75 Å². The van der Waals surface area contributed by atoms with Crippen molar-refractivity contribution >= 4 is 30.3 Å². The van der Waals surface area contributed by atoms with Gasteiger partial charge in [0.25, 0.3) is 0 Å². The molecule has 0 N–H and O–H groups in total. The number of carbonyl (C=O) groups is 1. The first-order chi connectivity index (χ1) is 13.1. The van der Waals surface area contributed by atoms with Crippen LogP contribution in [0, 0.1) is 5.82 Å². The van der Waals surface area contributed by atoms with Crippen molar-refractivity contribution in [1.29, 1.82) is 0 Å². The zero-order valence-corrected chi connectivity index (χ0v) is 21.6. The van der Waals surface area contributed by atoms with Crippen LogP contribution in [0.3, 0.4) is 0 Å². The van der Waals surface area contributed by atoms with E-state index in [1.165, 1.54) is 13.2 Å². The van der Waals surface area contributed by atoms with E-state index >= 15 is 0 Å². The third-order valence-corrected chi connectivity index (χ3v) is 10.3. The van der Waals surface area contributed by atoms with E-state index in [0.717, 1.165) is 0 Å². The maximum absolute atomic E-state index is 13.5. The van der Waals surface area contributed by atoms with Crippen LogP contribution in [0.1, 0.15) is 41.5 Å². The minimum Gasteiger partial charge on any atom is -0.491 e. The predicted molar refractivity (Wildman–Crippen MR) is 121 cm³/mol. The van der Waals surface area contributed by atoms with Gasteiger partial charge in [0.1, 0.15) is 18.2 Å². The number of hydrogen-bond donors (Lipinski definition) is 0. The highest BCUT2D eigenvalue weighted by Gasteiger charge is 2.41. The summed E-state index contributed by atoms with van der Waals surface area (Å²) in [4.78, 5) is 14.0. The topological polar surface area (TPSA) is 48.0 Å². The van der Waals surface area contributed by atoms with Gasteiger partial charge in [-0.1, -0.05) is 20.8 Å². The van der Waals surface area contributed by atoms with Crippen molar-refractivity contribution in [2.45, 2.75) is 71.3 Å². The van der Waals surface area contributed by atoms with Gasteiger partial charge < -0.3 is 18.8 Å². The van der Waals surface area contributed by atoms with Crippen LogP contribution in [-0.2, 0) is 9.16 Å². The summed E-state index contributed by atoms with van der Waals surface area (Å²) in [6.07, 6.45) is -0.774. The molecule has 0 heterocycles. The number of ether oxygens (including phenoxy) is 2. The zero-order valence-electron chi connectivity index (χ0n) is 19.1. The molecule has 0 saturated heterocycles. The van der Waals surface area contributed by atoms with Gasteiger partial charge in [0, 0.05) is 5.54 Å². The van der Waals surface area contributed by atoms with E-state index in [4.69, 9.17) is 13.9 Å². The molecule has 1 amide bonds. The molecular weight excluding hydrogens is 457 g/mol. The lowest BCUT2D eigenvalue weighted by Gasteiger charge is -2.42. The zero-order chi connectivity index (χ0) is 22.6. The molecule has 5 nitrogen and oxygen atoms in total. The minimum atomic E-state index is -2.12. The van der Waals surface area contributed by atoms with Gasteiger partial charge in [0.05, 0.1) is 24.2 Å². The molecule has 1 atom stereocenters. The summed E-state index contributed by atoms with van der Waals surface area (Å²) in [5.74, 6) is 0.179. The van der Waals surface area contributed by atoms with Crippen molar-refractivity contribution in [2.75, 3.05) is 20.3 Å². The third kappa shape index (κ3) is 7.57. The second-order valence-corrected chi connectivity index (χ2v) is 15.2. The summed E-state index contributed by atoms with van der Waals surface area (Å²) in [6, 6.07) is 4.50. The lowest BCUT2D eigenvalue weighted by atomic mass is 10.1. The van der Waals surface area contributed by atoms with E-state index in [1.807, 2.05) is 20.8 Å². The van der Waals surface area contributed by atoms with Gasteiger partial charge in [-0.25, -0.2) is 9.18 Å². The van der Waals surface area contributed by atoms with Crippen molar-refractivity contribution in [3.05, 3.63) is 28.5 Å². The van der Waals surface area contributed by atoms with Gasteiger partial charge in [-0.05, 0) is 73.0 Å². The molecule has 0 aromatic heterocycles. The molecule has 0 aliphatic rings. The van der Waals surface area contributed by atoms with Crippen molar-refractivity contribution in [1.82, 2.24) is 4.90 Å². The van der Waals surface area contributed by atoms with Crippen LogP contribution in [0.15, 0.2) is 22.7 Å². The Morgan fingerprint density at radius 3 is 2.24 bits per heavy atom. The number of carbonyl (C=O) groups excluding carboxylic acids is 1. The van der Waals surface area contributed by atoms with Gasteiger partial charge in [-0.2, -0.15) is 0 Å². The molecule has 0 radical (unpaired) electrons. The normalized spacial score (nSPS) is 13.8. The maximum Gasteiger partial charge on any atom is 0.410 e. The van der Waals surface area contributed by atoms with E-state index < -0.39 is 19.9 Å². The number of methoxy groups -OCH3 is 1. The maximum atomic E-state index is 13.5. The van der Waals surface area contributed by atoms with E-state index in [1.54, 1.807) is 17.0 Å². The standard InChI is InChI=1S/C21H35BrFNO4Si/c1-20(2,3)24(19(25)26-7)13-16(28-29(8,9)21(4,5)6)14-27-15-10-11-18(23)17(22)12-15/h10-12,16H,13-14H2,1-9H3/t16-/m1/s1. The molecule has 0 spiro atoms. The fraction of sp³-hybridized carbons (Fsp3) is 0.667. The van der Waals surface area contributed by atoms with Gasteiger partial charge in [-0.15, -0.1) is 0 Å². The number of halogens is 2. The van der Waals surface area contributed by atoms with Crippen molar-refractivity contribution < 1.29 is 23.1 Å². The van der Waals surface area contributed by atoms with Gasteiger partial charge in [-0.3, -0.25) is 0 Å². The summed E-state index contributed by atoms with van der Waals surface area (Å²) in [7, 11) is -0.753. The summed E-state index contributed by atoms with van der Waals surface area (Å²) in [6.45, 7) is 17.2. The highest BCUT2D eigenvalue weighted by molar-refractivity contribution is 9.10. The largest absolute Gasteiger partial charge is 0.491 e. The Labute approximate surface area is 184 Å². The summed E-state index contributed by atoms with van der Waals surface area (Å²) < 4.78 is 31.3. The first-order valence-corrected chi connectivity index (χ1v) is 13.4.